The minimum absolute atomic E-state index is 0.0587. The predicted molar refractivity (Wildman–Crippen MR) is 110 cm³/mol. The van der Waals surface area contributed by atoms with E-state index in [4.69, 9.17) is 4.74 Å². The molecule has 0 unspecified atom stereocenters. The third kappa shape index (κ3) is 4.92. The summed E-state index contributed by atoms with van der Waals surface area (Å²) in [7, 11) is 0. The first-order chi connectivity index (χ1) is 13.9. The topological polar surface area (TPSA) is 61.2 Å². The summed E-state index contributed by atoms with van der Waals surface area (Å²) < 4.78 is 20.1. The lowest BCUT2D eigenvalue weighted by molar-refractivity contribution is -0.143. The number of hydrogen-bond acceptors (Lipinski definition) is 5. The quantitative estimate of drug-likeness (QED) is 0.324. The van der Waals surface area contributed by atoms with Crippen molar-refractivity contribution in [3.63, 3.8) is 0 Å². The van der Waals surface area contributed by atoms with Crippen molar-refractivity contribution in [3.8, 4) is 5.69 Å². The van der Waals surface area contributed by atoms with E-state index in [0.29, 0.717) is 5.56 Å². The Morgan fingerprint density at radius 3 is 2.41 bits per heavy atom. The maximum absolute atomic E-state index is 13.0. The molecule has 0 aliphatic rings. The number of ketones is 1. The average Bonchev–Trinajstić information content (AvgIpc) is 3.00. The number of esters is 1. The van der Waals surface area contributed by atoms with Gasteiger partial charge < -0.3 is 4.74 Å². The van der Waals surface area contributed by atoms with Crippen molar-refractivity contribution in [1.82, 2.24) is 9.78 Å². The maximum Gasteiger partial charge on any atom is 0.316 e. The van der Waals surface area contributed by atoms with Crippen LogP contribution < -0.4 is 0 Å². The molecule has 0 fully saturated rings. The lowest BCUT2D eigenvalue weighted by Crippen LogP contribution is -2.25. The van der Waals surface area contributed by atoms with Crippen LogP contribution in [0.5, 0.6) is 0 Å². The highest BCUT2D eigenvalue weighted by Gasteiger charge is 2.21. The minimum atomic E-state index is -0.942. The van der Waals surface area contributed by atoms with Crippen molar-refractivity contribution in [3.05, 3.63) is 77.4 Å². The SMILES string of the molecule is Cc1nn(-c2ccccc2)c(C)c1SCC(=O)O[C@@H](C)C(=O)c1ccc(F)cc1. The summed E-state index contributed by atoms with van der Waals surface area (Å²) in [5.41, 5.74) is 3.00. The molecule has 0 saturated heterocycles. The molecule has 3 rings (SSSR count). The predicted octanol–water partition coefficient (Wildman–Crippen LogP) is 4.53. The number of hydrogen-bond donors (Lipinski definition) is 0. The van der Waals surface area contributed by atoms with E-state index < -0.39 is 17.9 Å². The zero-order chi connectivity index (χ0) is 21.0. The molecule has 1 atom stereocenters. The lowest BCUT2D eigenvalue weighted by atomic mass is 10.1. The summed E-state index contributed by atoms with van der Waals surface area (Å²) in [5.74, 6) is -1.23. The molecular weight excluding hydrogens is 391 g/mol. The third-order valence-electron chi connectivity index (χ3n) is 4.37. The van der Waals surface area contributed by atoms with Crippen molar-refractivity contribution >= 4 is 23.5 Å². The van der Waals surface area contributed by atoms with Crippen molar-refractivity contribution in [1.29, 1.82) is 0 Å². The van der Waals surface area contributed by atoms with E-state index in [0.717, 1.165) is 22.0 Å². The van der Waals surface area contributed by atoms with Gasteiger partial charge in [0.15, 0.2) is 6.10 Å². The second-order valence-corrected chi connectivity index (χ2v) is 7.52. The van der Waals surface area contributed by atoms with Crippen molar-refractivity contribution in [2.75, 3.05) is 5.75 Å². The molecular formula is C22H21FN2O3S. The molecule has 150 valence electrons. The van der Waals surface area contributed by atoms with Gasteiger partial charge in [-0.1, -0.05) is 18.2 Å². The number of carbonyl (C=O) groups is 2. The highest BCUT2D eigenvalue weighted by atomic mass is 32.2. The van der Waals surface area contributed by atoms with Crippen LogP contribution in [-0.2, 0) is 9.53 Å². The Labute approximate surface area is 172 Å². The standard InChI is InChI=1S/C22H21FN2O3S/c1-14-22(15(2)25(24-14)19-7-5-4-6-8-19)29-13-20(26)28-16(3)21(27)17-9-11-18(23)12-10-17/h4-12,16H,13H2,1-3H3/t16-/m0/s1. The summed E-state index contributed by atoms with van der Waals surface area (Å²) in [5, 5.41) is 4.55. The highest BCUT2D eigenvalue weighted by molar-refractivity contribution is 8.00. The molecule has 5 nitrogen and oxygen atoms in total. The molecule has 1 heterocycles. The Morgan fingerprint density at radius 2 is 1.76 bits per heavy atom. The molecule has 0 amide bonds. The molecule has 29 heavy (non-hydrogen) atoms. The normalized spacial score (nSPS) is 11.9. The van der Waals surface area contributed by atoms with E-state index in [9.17, 15) is 14.0 Å². The maximum atomic E-state index is 13.0. The molecule has 0 aliphatic heterocycles. The first kappa shape index (κ1) is 20.8. The van der Waals surface area contributed by atoms with Gasteiger partial charge in [0.05, 0.1) is 27.7 Å². The zero-order valence-corrected chi connectivity index (χ0v) is 17.2. The van der Waals surface area contributed by atoms with Crippen molar-refractivity contribution < 1.29 is 18.7 Å². The number of aromatic nitrogens is 2. The second kappa shape index (κ2) is 9.05. The Hall–Kier alpha value is -2.93. The minimum Gasteiger partial charge on any atom is -0.454 e. The van der Waals surface area contributed by atoms with Gasteiger partial charge in [-0.25, -0.2) is 9.07 Å². The Kier molecular flexibility index (Phi) is 6.49. The van der Waals surface area contributed by atoms with Gasteiger partial charge in [0.25, 0.3) is 0 Å². The van der Waals surface area contributed by atoms with Crippen LogP contribution >= 0.6 is 11.8 Å². The fourth-order valence-electron chi connectivity index (χ4n) is 2.92. The van der Waals surface area contributed by atoms with Gasteiger partial charge in [0, 0.05) is 5.56 Å². The van der Waals surface area contributed by atoms with E-state index in [1.54, 1.807) is 0 Å². The van der Waals surface area contributed by atoms with Gasteiger partial charge >= 0.3 is 5.97 Å². The number of thioether (sulfide) groups is 1. The molecule has 0 radical (unpaired) electrons. The van der Waals surface area contributed by atoms with Crippen LogP contribution in [0.25, 0.3) is 5.69 Å². The number of halogens is 1. The molecule has 0 spiro atoms. The van der Waals surface area contributed by atoms with Crippen LogP contribution in [0.2, 0.25) is 0 Å². The number of carbonyl (C=O) groups excluding carboxylic acids is 2. The van der Waals surface area contributed by atoms with E-state index in [2.05, 4.69) is 5.10 Å². The number of Topliss-reactive ketones (excluding diaryl/α,β-unsaturated/α-hetero) is 1. The number of aryl methyl sites for hydroxylation is 1. The van der Waals surface area contributed by atoms with Crippen LogP contribution in [-0.4, -0.2) is 33.4 Å². The van der Waals surface area contributed by atoms with E-state index in [-0.39, 0.29) is 11.5 Å². The summed E-state index contributed by atoms with van der Waals surface area (Å²) in [6.07, 6.45) is -0.942. The first-order valence-corrected chi connectivity index (χ1v) is 10.1. The number of benzene rings is 2. The summed E-state index contributed by atoms with van der Waals surface area (Å²) in [4.78, 5) is 25.5. The van der Waals surface area contributed by atoms with Gasteiger partial charge in [-0.05, 0) is 57.2 Å². The summed E-state index contributed by atoms with van der Waals surface area (Å²) >= 11 is 1.33. The fraction of sp³-hybridized carbons (Fsp3) is 0.227. The van der Waals surface area contributed by atoms with Gasteiger partial charge in [-0.3, -0.25) is 9.59 Å². The van der Waals surface area contributed by atoms with Gasteiger partial charge in [-0.15, -0.1) is 11.8 Å². The van der Waals surface area contributed by atoms with Crippen LogP contribution in [0.15, 0.2) is 59.5 Å². The lowest BCUT2D eigenvalue weighted by Gasteiger charge is -2.12. The van der Waals surface area contributed by atoms with Crippen LogP contribution in [0.1, 0.15) is 28.7 Å². The highest BCUT2D eigenvalue weighted by Crippen LogP contribution is 2.28. The molecule has 0 bridgehead atoms. The van der Waals surface area contributed by atoms with Gasteiger partial charge in [0.1, 0.15) is 5.82 Å². The number of ether oxygens (including phenoxy) is 1. The van der Waals surface area contributed by atoms with Crippen LogP contribution in [0.3, 0.4) is 0 Å². The Balaban J connectivity index is 1.61. The zero-order valence-electron chi connectivity index (χ0n) is 16.4. The monoisotopic (exact) mass is 412 g/mol. The summed E-state index contributed by atoms with van der Waals surface area (Å²) in [6, 6.07) is 14.9. The molecule has 0 N–H and O–H groups in total. The van der Waals surface area contributed by atoms with Crippen LogP contribution in [0, 0.1) is 19.7 Å². The molecule has 0 aliphatic carbocycles. The largest absolute Gasteiger partial charge is 0.454 e. The van der Waals surface area contributed by atoms with E-state index in [1.165, 1.54) is 43.0 Å². The average molecular weight is 412 g/mol. The number of rotatable bonds is 7. The molecule has 3 aromatic rings. The number of para-hydroxylation sites is 1. The smallest absolute Gasteiger partial charge is 0.316 e. The van der Waals surface area contributed by atoms with E-state index in [1.807, 2.05) is 48.9 Å². The van der Waals surface area contributed by atoms with Crippen molar-refractivity contribution in [2.24, 2.45) is 0 Å². The van der Waals surface area contributed by atoms with Gasteiger partial charge in [-0.2, -0.15) is 5.10 Å². The second-order valence-electron chi connectivity index (χ2n) is 6.54. The third-order valence-corrected chi connectivity index (χ3v) is 5.63. The van der Waals surface area contributed by atoms with Gasteiger partial charge in [0.2, 0.25) is 5.78 Å². The first-order valence-electron chi connectivity index (χ1n) is 9.10. The molecule has 2 aromatic carbocycles. The van der Waals surface area contributed by atoms with Crippen LogP contribution in [0.4, 0.5) is 4.39 Å². The number of nitrogens with zero attached hydrogens (tertiary/aromatic N) is 2. The Bertz CT molecular complexity index is 1020. The summed E-state index contributed by atoms with van der Waals surface area (Å²) in [6.45, 7) is 5.35. The van der Waals surface area contributed by atoms with Crippen molar-refractivity contribution in [2.45, 2.75) is 31.8 Å². The fourth-order valence-corrected chi connectivity index (χ4v) is 3.80. The molecule has 0 saturated carbocycles. The molecule has 1 aromatic heterocycles. The Morgan fingerprint density at radius 1 is 1.10 bits per heavy atom. The van der Waals surface area contributed by atoms with E-state index >= 15 is 0 Å². The molecule has 7 heteroatoms.